The van der Waals surface area contributed by atoms with Crippen LogP contribution < -0.4 is 10.2 Å². The molecule has 96 valence electrons. The third kappa shape index (κ3) is 1.83. The number of rotatable bonds is 1. The van der Waals surface area contributed by atoms with Crippen molar-refractivity contribution in [1.29, 1.82) is 0 Å². The Balaban J connectivity index is 2.17. The van der Waals surface area contributed by atoms with Gasteiger partial charge in [0.2, 0.25) is 0 Å². The Labute approximate surface area is 114 Å². The standard InChI is InChI=1S/C11H13ClN4OS/c1-18-11-14-8(12)7-9(15-11)16-4-2-3-6(16)5-13-10(7)17/h6H,2-5H2,1H3,(H,13,17). The summed E-state index contributed by atoms with van der Waals surface area (Å²) in [5.41, 5.74) is 0.416. The highest BCUT2D eigenvalue weighted by Crippen LogP contribution is 2.33. The number of hydrogen-bond acceptors (Lipinski definition) is 5. The Morgan fingerprint density at radius 1 is 1.50 bits per heavy atom. The minimum absolute atomic E-state index is 0.169. The number of carbonyl (C=O) groups is 1. The minimum Gasteiger partial charge on any atom is -0.351 e. The number of anilines is 1. The second-order valence-corrected chi connectivity index (χ2v) is 5.53. The van der Waals surface area contributed by atoms with E-state index in [1.54, 1.807) is 0 Å². The van der Waals surface area contributed by atoms with Gasteiger partial charge < -0.3 is 10.2 Å². The summed E-state index contributed by atoms with van der Waals surface area (Å²) in [6.45, 7) is 1.58. The number of hydrogen-bond donors (Lipinski definition) is 1. The summed E-state index contributed by atoms with van der Waals surface area (Å²) in [6.07, 6.45) is 4.10. The molecule has 18 heavy (non-hydrogen) atoms. The molecule has 0 spiro atoms. The van der Waals surface area contributed by atoms with Gasteiger partial charge in [-0.05, 0) is 19.1 Å². The first-order chi connectivity index (χ1) is 8.70. The quantitative estimate of drug-likeness (QED) is 0.482. The summed E-state index contributed by atoms with van der Waals surface area (Å²) in [5.74, 6) is 0.522. The van der Waals surface area contributed by atoms with Crippen molar-refractivity contribution < 1.29 is 4.79 Å². The normalized spacial score (nSPS) is 22.2. The van der Waals surface area contributed by atoms with Gasteiger partial charge in [0.25, 0.3) is 5.91 Å². The fourth-order valence-electron chi connectivity index (χ4n) is 2.52. The second kappa shape index (κ2) is 4.59. The number of fused-ring (bicyclic) bond motifs is 3. The molecule has 0 bridgehead atoms. The largest absolute Gasteiger partial charge is 0.351 e. The molecule has 1 N–H and O–H groups in total. The van der Waals surface area contributed by atoms with E-state index in [-0.39, 0.29) is 11.1 Å². The molecule has 3 heterocycles. The van der Waals surface area contributed by atoms with E-state index in [0.717, 1.165) is 19.4 Å². The van der Waals surface area contributed by atoms with E-state index in [1.165, 1.54) is 11.8 Å². The predicted octanol–water partition coefficient (Wildman–Crippen LogP) is 1.56. The number of aromatic nitrogens is 2. The van der Waals surface area contributed by atoms with Crippen LogP contribution in [0, 0.1) is 0 Å². The number of nitrogens with zero attached hydrogens (tertiary/aromatic N) is 3. The molecule has 1 atom stereocenters. The van der Waals surface area contributed by atoms with Gasteiger partial charge in [-0.2, -0.15) is 0 Å². The molecule has 1 saturated heterocycles. The molecule has 1 aromatic rings. The SMILES string of the molecule is CSc1nc(Cl)c2c(n1)N1CCCC1CNC2=O. The lowest BCUT2D eigenvalue weighted by molar-refractivity contribution is 0.0955. The maximum Gasteiger partial charge on any atom is 0.258 e. The molecule has 0 radical (unpaired) electrons. The van der Waals surface area contributed by atoms with Gasteiger partial charge in [-0.1, -0.05) is 23.4 Å². The van der Waals surface area contributed by atoms with E-state index >= 15 is 0 Å². The lowest BCUT2D eigenvalue weighted by Crippen LogP contribution is -2.36. The van der Waals surface area contributed by atoms with Crippen LogP contribution in [0.5, 0.6) is 0 Å². The first-order valence-electron chi connectivity index (χ1n) is 5.87. The fraction of sp³-hybridized carbons (Fsp3) is 0.545. The number of halogens is 1. The van der Waals surface area contributed by atoms with Gasteiger partial charge >= 0.3 is 0 Å². The Morgan fingerprint density at radius 3 is 3.11 bits per heavy atom. The molecule has 1 amide bonds. The molecule has 1 aromatic heterocycles. The molecule has 0 saturated carbocycles. The van der Waals surface area contributed by atoms with Gasteiger partial charge in [0.15, 0.2) is 5.16 Å². The lowest BCUT2D eigenvalue weighted by atomic mass is 10.2. The number of carbonyl (C=O) groups excluding carboxylic acids is 1. The third-order valence-corrected chi connectivity index (χ3v) is 4.20. The average molecular weight is 285 g/mol. The van der Waals surface area contributed by atoms with E-state index in [4.69, 9.17) is 11.6 Å². The van der Waals surface area contributed by atoms with Gasteiger partial charge in [-0.3, -0.25) is 4.79 Å². The zero-order valence-electron chi connectivity index (χ0n) is 9.94. The van der Waals surface area contributed by atoms with E-state index in [2.05, 4.69) is 20.2 Å². The van der Waals surface area contributed by atoms with Gasteiger partial charge in [0.05, 0.1) is 0 Å². The number of amides is 1. The Kier molecular flexibility index (Phi) is 3.07. The average Bonchev–Trinajstić information content (AvgIpc) is 2.78. The Hall–Kier alpha value is -1.01. The van der Waals surface area contributed by atoms with Crippen LogP contribution in [0.2, 0.25) is 5.15 Å². The van der Waals surface area contributed by atoms with Gasteiger partial charge in [0, 0.05) is 19.1 Å². The van der Waals surface area contributed by atoms with Crippen LogP contribution >= 0.6 is 23.4 Å². The van der Waals surface area contributed by atoms with Gasteiger partial charge in [-0.15, -0.1) is 0 Å². The zero-order chi connectivity index (χ0) is 12.7. The van der Waals surface area contributed by atoms with Crippen molar-refractivity contribution in [1.82, 2.24) is 15.3 Å². The summed E-state index contributed by atoms with van der Waals surface area (Å²) >= 11 is 7.56. The third-order valence-electron chi connectivity index (χ3n) is 3.38. The molecule has 5 nitrogen and oxygen atoms in total. The molecule has 3 rings (SSSR count). The Morgan fingerprint density at radius 2 is 2.33 bits per heavy atom. The summed E-state index contributed by atoms with van der Waals surface area (Å²) in [5, 5.41) is 3.75. The van der Waals surface area contributed by atoms with Crippen LogP contribution in [0.1, 0.15) is 23.2 Å². The number of nitrogens with one attached hydrogen (secondary N) is 1. The van der Waals surface area contributed by atoms with Crippen LogP contribution in [-0.2, 0) is 0 Å². The molecular formula is C11H13ClN4OS. The van der Waals surface area contributed by atoms with Crippen molar-refractivity contribution >= 4 is 35.1 Å². The fourth-order valence-corrected chi connectivity index (χ4v) is 3.18. The first kappa shape index (κ1) is 12.0. The summed E-state index contributed by atoms with van der Waals surface area (Å²) in [6, 6.07) is 0.330. The monoisotopic (exact) mass is 284 g/mol. The highest BCUT2D eigenvalue weighted by molar-refractivity contribution is 7.98. The summed E-state index contributed by atoms with van der Waals surface area (Å²) in [7, 11) is 0. The second-order valence-electron chi connectivity index (χ2n) is 4.40. The molecular weight excluding hydrogens is 272 g/mol. The highest BCUT2D eigenvalue weighted by Gasteiger charge is 2.34. The van der Waals surface area contributed by atoms with Crippen molar-refractivity contribution in [2.45, 2.75) is 24.0 Å². The molecule has 2 aliphatic heterocycles. The van der Waals surface area contributed by atoms with Crippen LogP contribution in [0.25, 0.3) is 0 Å². The van der Waals surface area contributed by atoms with Crippen molar-refractivity contribution in [3.63, 3.8) is 0 Å². The maximum atomic E-state index is 12.0. The van der Waals surface area contributed by atoms with Crippen molar-refractivity contribution in [3.8, 4) is 0 Å². The molecule has 1 unspecified atom stereocenters. The smallest absolute Gasteiger partial charge is 0.258 e. The molecule has 0 aromatic carbocycles. The molecule has 0 aliphatic carbocycles. The van der Waals surface area contributed by atoms with E-state index < -0.39 is 0 Å². The predicted molar refractivity (Wildman–Crippen MR) is 71.5 cm³/mol. The van der Waals surface area contributed by atoms with E-state index in [9.17, 15) is 4.79 Å². The lowest BCUT2D eigenvalue weighted by Gasteiger charge is -2.24. The topological polar surface area (TPSA) is 58.1 Å². The minimum atomic E-state index is -0.169. The van der Waals surface area contributed by atoms with Crippen molar-refractivity contribution in [2.24, 2.45) is 0 Å². The summed E-state index contributed by atoms with van der Waals surface area (Å²) < 4.78 is 0. The zero-order valence-corrected chi connectivity index (χ0v) is 11.5. The van der Waals surface area contributed by atoms with Crippen LogP contribution in [-0.4, -0.2) is 41.3 Å². The van der Waals surface area contributed by atoms with Crippen LogP contribution in [0.15, 0.2) is 5.16 Å². The molecule has 7 heteroatoms. The van der Waals surface area contributed by atoms with Gasteiger partial charge in [0.1, 0.15) is 16.5 Å². The molecule has 2 aliphatic rings. The number of thioether (sulfide) groups is 1. The van der Waals surface area contributed by atoms with Crippen LogP contribution in [0.3, 0.4) is 0 Å². The highest BCUT2D eigenvalue weighted by atomic mass is 35.5. The van der Waals surface area contributed by atoms with Crippen molar-refractivity contribution in [3.05, 3.63) is 10.7 Å². The van der Waals surface area contributed by atoms with Crippen LogP contribution in [0.4, 0.5) is 5.82 Å². The summed E-state index contributed by atoms with van der Waals surface area (Å²) in [4.78, 5) is 22.8. The molecule has 1 fully saturated rings. The Bertz CT molecular complexity index is 510. The first-order valence-corrected chi connectivity index (χ1v) is 7.47. The van der Waals surface area contributed by atoms with E-state index in [1.807, 2.05) is 6.26 Å². The van der Waals surface area contributed by atoms with E-state index in [0.29, 0.717) is 29.1 Å². The van der Waals surface area contributed by atoms with Crippen molar-refractivity contribution in [2.75, 3.05) is 24.2 Å². The van der Waals surface area contributed by atoms with Gasteiger partial charge in [-0.25, -0.2) is 9.97 Å². The maximum absolute atomic E-state index is 12.0.